The van der Waals surface area contributed by atoms with Crippen LogP contribution in [0.1, 0.15) is 33.3 Å². The van der Waals surface area contributed by atoms with E-state index in [4.69, 9.17) is 4.74 Å². The molecule has 1 aromatic rings. The molecule has 26 heavy (non-hydrogen) atoms. The number of benzene rings is 1. The summed E-state index contributed by atoms with van der Waals surface area (Å²) >= 11 is 0. The predicted octanol–water partition coefficient (Wildman–Crippen LogP) is 1.64. The SMILES string of the molecule is CNC(=O)CN1CCN(C(=O)C(C)Oc2ccc(C(C)(C)C)cc2)CC1. The minimum Gasteiger partial charge on any atom is -0.481 e. The zero-order chi connectivity index (χ0) is 19.3. The molecule has 1 N–H and O–H groups in total. The van der Waals surface area contributed by atoms with E-state index in [9.17, 15) is 9.59 Å². The van der Waals surface area contributed by atoms with Gasteiger partial charge in [0.1, 0.15) is 5.75 Å². The molecule has 1 saturated heterocycles. The van der Waals surface area contributed by atoms with E-state index < -0.39 is 6.10 Å². The van der Waals surface area contributed by atoms with E-state index in [2.05, 4.69) is 31.0 Å². The van der Waals surface area contributed by atoms with E-state index in [1.165, 1.54) is 5.56 Å². The van der Waals surface area contributed by atoms with Gasteiger partial charge in [0, 0.05) is 33.2 Å². The molecule has 0 radical (unpaired) electrons. The lowest BCUT2D eigenvalue weighted by molar-refractivity contribution is -0.139. The van der Waals surface area contributed by atoms with Gasteiger partial charge in [0.05, 0.1) is 6.54 Å². The number of ether oxygens (including phenoxy) is 1. The topological polar surface area (TPSA) is 61.9 Å². The van der Waals surface area contributed by atoms with Gasteiger partial charge >= 0.3 is 0 Å². The first kappa shape index (κ1) is 20.2. The van der Waals surface area contributed by atoms with Crippen molar-refractivity contribution in [1.29, 1.82) is 0 Å². The Hall–Kier alpha value is -2.08. The zero-order valence-electron chi connectivity index (χ0n) is 16.5. The molecule has 2 rings (SSSR count). The van der Waals surface area contributed by atoms with E-state index in [0.717, 1.165) is 0 Å². The largest absolute Gasteiger partial charge is 0.481 e. The highest BCUT2D eigenvalue weighted by atomic mass is 16.5. The van der Waals surface area contributed by atoms with Gasteiger partial charge in [0.25, 0.3) is 5.91 Å². The Balaban J connectivity index is 1.85. The summed E-state index contributed by atoms with van der Waals surface area (Å²) in [6.07, 6.45) is -0.527. The summed E-state index contributed by atoms with van der Waals surface area (Å²) in [5.74, 6) is 0.696. The van der Waals surface area contributed by atoms with Gasteiger partial charge in [-0.2, -0.15) is 0 Å². The summed E-state index contributed by atoms with van der Waals surface area (Å²) in [7, 11) is 1.63. The molecule has 0 aliphatic carbocycles. The van der Waals surface area contributed by atoms with E-state index in [-0.39, 0.29) is 17.2 Å². The summed E-state index contributed by atoms with van der Waals surface area (Å²) in [5.41, 5.74) is 1.32. The fourth-order valence-corrected chi connectivity index (χ4v) is 2.95. The van der Waals surface area contributed by atoms with Crippen molar-refractivity contribution in [2.75, 3.05) is 39.8 Å². The number of likely N-dealkylation sites (N-methyl/N-ethyl adjacent to an activating group) is 1. The number of carbonyl (C=O) groups is 2. The minimum atomic E-state index is -0.527. The molecule has 6 heteroatoms. The number of nitrogens with zero attached hydrogens (tertiary/aromatic N) is 2. The quantitative estimate of drug-likeness (QED) is 0.866. The fraction of sp³-hybridized carbons (Fsp3) is 0.600. The highest BCUT2D eigenvalue weighted by Crippen LogP contribution is 2.24. The maximum atomic E-state index is 12.6. The van der Waals surface area contributed by atoms with Crippen LogP contribution in [0.25, 0.3) is 0 Å². The first-order chi connectivity index (χ1) is 12.2. The Kier molecular flexibility index (Phi) is 6.64. The molecule has 1 aliphatic heterocycles. The van der Waals surface area contributed by atoms with Crippen LogP contribution in [-0.4, -0.2) is 67.5 Å². The van der Waals surface area contributed by atoms with Crippen molar-refractivity contribution in [1.82, 2.24) is 15.1 Å². The summed E-state index contributed by atoms with van der Waals surface area (Å²) < 4.78 is 5.84. The van der Waals surface area contributed by atoms with E-state index in [1.54, 1.807) is 14.0 Å². The molecule has 0 spiro atoms. The molecule has 144 valence electrons. The molecule has 1 atom stereocenters. The molecule has 1 aromatic carbocycles. The standard InChI is InChI=1S/C20H31N3O3/c1-15(26-17-8-6-16(7-9-17)20(2,3)4)19(25)23-12-10-22(11-13-23)14-18(24)21-5/h6-9,15H,10-14H2,1-5H3,(H,21,24). The van der Waals surface area contributed by atoms with Gasteiger partial charge in [-0.3, -0.25) is 14.5 Å². The summed E-state index contributed by atoms with van der Waals surface area (Å²) in [6, 6.07) is 7.94. The molecule has 1 heterocycles. The van der Waals surface area contributed by atoms with Crippen molar-refractivity contribution in [3.05, 3.63) is 29.8 Å². The van der Waals surface area contributed by atoms with Crippen molar-refractivity contribution in [2.45, 2.75) is 39.2 Å². The van der Waals surface area contributed by atoms with Crippen LogP contribution in [0.3, 0.4) is 0 Å². The van der Waals surface area contributed by atoms with Crippen LogP contribution < -0.4 is 10.1 Å². The molecular formula is C20H31N3O3. The fourth-order valence-electron chi connectivity index (χ4n) is 2.95. The Bertz CT molecular complexity index is 614. The zero-order valence-corrected chi connectivity index (χ0v) is 16.5. The van der Waals surface area contributed by atoms with Crippen LogP contribution in [0.2, 0.25) is 0 Å². The number of hydrogen-bond donors (Lipinski definition) is 1. The Morgan fingerprint density at radius 3 is 2.19 bits per heavy atom. The molecule has 6 nitrogen and oxygen atoms in total. The number of carbonyl (C=O) groups excluding carboxylic acids is 2. The van der Waals surface area contributed by atoms with Gasteiger partial charge in [-0.15, -0.1) is 0 Å². The lowest BCUT2D eigenvalue weighted by atomic mass is 9.87. The lowest BCUT2D eigenvalue weighted by Gasteiger charge is -2.35. The van der Waals surface area contributed by atoms with E-state index >= 15 is 0 Å². The van der Waals surface area contributed by atoms with Gasteiger partial charge < -0.3 is 15.0 Å². The molecule has 0 bridgehead atoms. The van der Waals surface area contributed by atoms with Gasteiger partial charge in [-0.1, -0.05) is 32.9 Å². The van der Waals surface area contributed by atoms with E-state index in [1.807, 2.05) is 29.2 Å². The highest BCUT2D eigenvalue weighted by Gasteiger charge is 2.26. The van der Waals surface area contributed by atoms with Gasteiger partial charge in [0.2, 0.25) is 5.91 Å². The van der Waals surface area contributed by atoms with Crippen molar-refractivity contribution in [3.8, 4) is 5.75 Å². The second kappa shape index (κ2) is 8.54. The van der Waals surface area contributed by atoms with Crippen molar-refractivity contribution in [3.63, 3.8) is 0 Å². The second-order valence-corrected chi connectivity index (χ2v) is 7.81. The highest BCUT2D eigenvalue weighted by molar-refractivity contribution is 5.81. The van der Waals surface area contributed by atoms with Gasteiger partial charge in [-0.05, 0) is 30.0 Å². The van der Waals surface area contributed by atoms with Crippen LogP contribution >= 0.6 is 0 Å². The maximum absolute atomic E-state index is 12.6. The smallest absolute Gasteiger partial charge is 0.263 e. The molecule has 0 aromatic heterocycles. The van der Waals surface area contributed by atoms with Crippen LogP contribution in [0, 0.1) is 0 Å². The number of piperazine rings is 1. The Morgan fingerprint density at radius 1 is 1.12 bits per heavy atom. The summed E-state index contributed by atoms with van der Waals surface area (Å²) in [4.78, 5) is 27.9. The van der Waals surface area contributed by atoms with Gasteiger partial charge in [-0.25, -0.2) is 0 Å². The summed E-state index contributed by atoms with van der Waals surface area (Å²) in [5, 5.41) is 2.62. The summed E-state index contributed by atoms with van der Waals surface area (Å²) in [6.45, 7) is 11.3. The number of nitrogens with one attached hydrogen (secondary N) is 1. The first-order valence-corrected chi connectivity index (χ1v) is 9.19. The number of rotatable bonds is 5. The van der Waals surface area contributed by atoms with Crippen molar-refractivity contribution in [2.24, 2.45) is 0 Å². The molecule has 2 amide bonds. The Labute approximate surface area is 156 Å². The number of amides is 2. The van der Waals surface area contributed by atoms with Crippen LogP contribution in [-0.2, 0) is 15.0 Å². The minimum absolute atomic E-state index is 0.000168. The lowest BCUT2D eigenvalue weighted by Crippen LogP contribution is -2.53. The average molecular weight is 361 g/mol. The maximum Gasteiger partial charge on any atom is 0.263 e. The molecule has 0 saturated carbocycles. The molecule has 1 fully saturated rings. The third kappa shape index (κ3) is 5.46. The van der Waals surface area contributed by atoms with Gasteiger partial charge in [0.15, 0.2) is 6.10 Å². The molecule has 1 unspecified atom stereocenters. The third-order valence-electron chi connectivity index (χ3n) is 4.71. The monoisotopic (exact) mass is 361 g/mol. The van der Waals surface area contributed by atoms with Crippen LogP contribution in [0.15, 0.2) is 24.3 Å². The van der Waals surface area contributed by atoms with Crippen LogP contribution in [0.4, 0.5) is 0 Å². The third-order valence-corrected chi connectivity index (χ3v) is 4.71. The normalized spacial score (nSPS) is 16.9. The average Bonchev–Trinajstić information content (AvgIpc) is 2.61. The van der Waals surface area contributed by atoms with Crippen molar-refractivity contribution >= 4 is 11.8 Å². The first-order valence-electron chi connectivity index (χ1n) is 9.19. The number of hydrogen-bond acceptors (Lipinski definition) is 4. The predicted molar refractivity (Wildman–Crippen MR) is 102 cm³/mol. The Morgan fingerprint density at radius 2 is 1.69 bits per heavy atom. The van der Waals surface area contributed by atoms with Crippen molar-refractivity contribution < 1.29 is 14.3 Å². The van der Waals surface area contributed by atoms with Crippen LogP contribution in [0.5, 0.6) is 5.75 Å². The van der Waals surface area contributed by atoms with E-state index in [0.29, 0.717) is 38.5 Å². The second-order valence-electron chi connectivity index (χ2n) is 7.81. The molecular weight excluding hydrogens is 330 g/mol. The molecule has 1 aliphatic rings.